The molecule has 216 valence electrons. The van der Waals surface area contributed by atoms with E-state index in [9.17, 15) is 19.1 Å². The highest BCUT2D eigenvalue weighted by molar-refractivity contribution is 6.08. The number of carbonyl (C=O) groups excluding carboxylic acids is 1. The van der Waals surface area contributed by atoms with Crippen LogP contribution in [0.4, 0.5) is 4.39 Å². The molecular weight excluding hydrogens is 553 g/mol. The smallest absolute Gasteiger partial charge is 0.335 e. The summed E-state index contributed by atoms with van der Waals surface area (Å²) >= 11 is 0. The molecule has 1 saturated carbocycles. The number of aromatic carboxylic acids is 1. The molecule has 1 aliphatic carbocycles. The van der Waals surface area contributed by atoms with E-state index in [0.717, 1.165) is 51.6 Å². The molecule has 1 fully saturated rings. The Morgan fingerprint density at radius 3 is 2.09 bits per heavy atom. The molecule has 1 heterocycles. The molecule has 0 unspecified atom stereocenters. The third-order valence-electron chi connectivity index (χ3n) is 8.34. The first-order valence-corrected chi connectivity index (χ1v) is 14.4. The van der Waals surface area contributed by atoms with Crippen LogP contribution in [-0.4, -0.2) is 26.8 Å². The topological polar surface area (TPSA) is 84.2 Å². The van der Waals surface area contributed by atoms with Crippen LogP contribution in [0.3, 0.4) is 0 Å². The molecule has 0 saturated heterocycles. The maximum Gasteiger partial charge on any atom is 0.335 e. The lowest BCUT2D eigenvalue weighted by Crippen LogP contribution is -2.35. The molecule has 7 rings (SSSR count). The lowest BCUT2D eigenvalue weighted by molar-refractivity contribution is 0.0696. The zero-order chi connectivity index (χ0) is 30.3. The monoisotopic (exact) mass is 581 g/mol. The molecule has 0 radical (unpaired) electrons. The first-order valence-electron chi connectivity index (χ1n) is 14.4. The highest BCUT2D eigenvalue weighted by Crippen LogP contribution is 2.46. The van der Waals surface area contributed by atoms with Gasteiger partial charge < -0.3 is 10.4 Å². The fraction of sp³-hybridized carbons (Fsp3) is 0.108. The number of halogens is 1. The summed E-state index contributed by atoms with van der Waals surface area (Å²) in [6.45, 7) is 0.469. The van der Waals surface area contributed by atoms with E-state index in [1.807, 2.05) is 35.0 Å². The summed E-state index contributed by atoms with van der Waals surface area (Å²) in [5.74, 6) is -1.57. The van der Waals surface area contributed by atoms with Crippen LogP contribution in [0.1, 0.15) is 44.7 Å². The molecule has 2 N–H and O–H groups in total. The quantitative estimate of drug-likeness (QED) is 0.193. The van der Waals surface area contributed by atoms with Crippen LogP contribution >= 0.6 is 0 Å². The third kappa shape index (κ3) is 5.24. The van der Waals surface area contributed by atoms with Crippen molar-refractivity contribution in [3.63, 3.8) is 0 Å². The van der Waals surface area contributed by atoms with Crippen molar-refractivity contribution >= 4 is 22.8 Å². The molecule has 5 aromatic carbocycles. The lowest BCUT2D eigenvalue weighted by atomic mass is 9.98. The molecule has 1 amide bonds. The Balaban J connectivity index is 1.25. The number of nitrogens with one attached hydrogen (secondary N) is 1. The van der Waals surface area contributed by atoms with Gasteiger partial charge in [0.25, 0.3) is 5.91 Å². The summed E-state index contributed by atoms with van der Waals surface area (Å²) in [7, 11) is 0. The summed E-state index contributed by atoms with van der Waals surface area (Å²) < 4.78 is 15.6. The largest absolute Gasteiger partial charge is 0.478 e. The summed E-state index contributed by atoms with van der Waals surface area (Å²) in [6, 6.07) is 35.2. The number of carboxylic acid groups (broad SMARTS) is 1. The van der Waals surface area contributed by atoms with Gasteiger partial charge >= 0.3 is 5.97 Å². The second-order valence-corrected chi connectivity index (χ2v) is 11.3. The summed E-state index contributed by atoms with van der Waals surface area (Å²) in [5, 5.41) is 18.0. The second-order valence-electron chi connectivity index (χ2n) is 11.3. The van der Waals surface area contributed by atoms with Crippen LogP contribution in [0.2, 0.25) is 0 Å². The Bertz CT molecular complexity index is 2000. The molecule has 7 heteroatoms. The Morgan fingerprint density at radius 2 is 1.43 bits per heavy atom. The number of aromatic nitrogens is 2. The zero-order valence-electron chi connectivity index (χ0n) is 23.7. The van der Waals surface area contributed by atoms with Crippen molar-refractivity contribution in [1.82, 2.24) is 15.1 Å². The molecular formula is C37H28FN3O3. The van der Waals surface area contributed by atoms with Crippen LogP contribution in [0.5, 0.6) is 0 Å². The molecule has 1 aliphatic rings. The van der Waals surface area contributed by atoms with Gasteiger partial charge in [-0.25, -0.2) is 9.18 Å². The summed E-state index contributed by atoms with van der Waals surface area (Å²) in [6.07, 6.45) is 3.26. The van der Waals surface area contributed by atoms with E-state index in [4.69, 9.17) is 0 Å². The number of amides is 1. The number of hydrogen-bond donors (Lipinski definition) is 2. The van der Waals surface area contributed by atoms with Gasteiger partial charge in [-0.1, -0.05) is 78.9 Å². The minimum absolute atomic E-state index is 0.199. The van der Waals surface area contributed by atoms with Gasteiger partial charge in [-0.05, 0) is 82.6 Å². The van der Waals surface area contributed by atoms with E-state index in [1.54, 1.807) is 42.6 Å². The number of nitrogens with zero attached hydrogens (tertiary/aromatic N) is 2. The van der Waals surface area contributed by atoms with Crippen molar-refractivity contribution in [2.24, 2.45) is 0 Å². The van der Waals surface area contributed by atoms with Crippen LogP contribution in [0.15, 0.2) is 121 Å². The normalized spacial score (nSPS) is 13.5. The maximum absolute atomic E-state index is 14.1. The molecule has 6 nitrogen and oxygen atoms in total. The number of carbonyl (C=O) groups is 2. The molecule has 0 spiro atoms. The predicted octanol–water partition coefficient (Wildman–Crippen LogP) is 7.68. The summed E-state index contributed by atoms with van der Waals surface area (Å²) in [5.41, 5.74) is 6.55. The molecule has 6 aromatic rings. The van der Waals surface area contributed by atoms with Gasteiger partial charge in [0.2, 0.25) is 0 Å². The molecule has 0 atom stereocenters. The van der Waals surface area contributed by atoms with Crippen molar-refractivity contribution in [3.8, 4) is 22.3 Å². The number of rotatable bonds is 8. The maximum atomic E-state index is 14.1. The fourth-order valence-corrected chi connectivity index (χ4v) is 5.77. The molecule has 0 aliphatic heterocycles. The minimum atomic E-state index is -0.992. The number of hydrogen-bond acceptors (Lipinski definition) is 3. The Labute approximate surface area is 253 Å². The van der Waals surface area contributed by atoms with Gasteiger partial charge in [0.15, 0.2) is 0 Å². The van der Waals surface area contributed by atoms with Gasteiger partial charge in [0, 0.05) is 5.39 Å². The molecule has 1 aromatic heterocycles. The van der Waals surface area contributed by atoms with Crippen molar-refractivity contribution in [1.29, 1.82) is 0 Å². The Kier molecular flexibility index (Phi) is 6.78. The minimum Gasteiger partial charge on any atom is -0.478 e. The van der Waals surface area contributed by atoms with E-state index >= 15 is 0 Å². The van der Waals surface area contributed by atoms with E-state index < -0.39 is 11.5 Å². The van der Waals surface area contributed by atoms with Crippen LogP contribution in [0.25, 0.3) is 33.2 Å². The number of carboxylic acids is 1. The van der Waals surface area contributed by atoms with Gasteiger partial charge in [0.05, 0.1) is 34.9 Å². The Hall–Kier alpha value is -5.56. The van der Waals surface area contributed by atoms with Crippen molar-refractivity contribution in [2.75, 3.05) is 0 Å². The predicted molar refractivity (Wildman–Crippen MR) is 168 cm³/mol. The highest BCUT2D eigenvalue weighted by Gasteiger charge is 2.46. The average Bonchev–Trinajstić information content (AvgIpc) is 3.73. The third-order valence-corrected chi connectivity index (χ3v) is 8.34. The van der Waals surface area contributed by atoms with E-state index in [2.05, 4.69) is 46.8 Å². The second kappa shape index (κ2) is 10.9. The van der Waals surface area contributed by atoms with Crippen LogP contribution in [-0.2, 0) is 12.1 Å². The number of benzene rings is 5. The average molecular weight is 582 g/mol. The van der Waals surface area contributed by atoms with Gasteiger partial charge in [-0.15, -0.1) is 0 Å². The van der Waals surface area contributed by atoms with E-state index in [0.29, 0.717) is 17.6 Å². The zero-order valence-corrected chi connectivity index (χ0v) is 23.7. The van der Waals surface area contributed by atoms with Crippen molar-refractivity contribution in [2.45, 2.75) is 24.9 Å². The van der Waals surface area contributed by atoms with Gasteiger partial charge in [0.1, 0.15) is 5.82 Å². The first-order chi connectivity index (χ1) is 21.4. The highest BCUT2D eigenvalue weighted by atomic mass is 19.1. The van der Waals surface area contributed by atoms with Gasteiger partial charge in [-0.3, -0.25) is 9.48 Å². The van der Waals surface area contributed by atoms with Crippen LogP contribution in [0, 0.1) is 5.82 Å². The molecule has 0 bridgehead atoms. The fourth-order valence-electron chi connectivity index (χ4n) is 5.77. The lowest BCUT2D eigenvalue weighted by Gasteiger charge is -2.19. The Morgan fingerprint density at radius 1 is 0.795 bits per heavy atom. The van der Waals surface area contributed by atoms with Crippen LogP contribution < -0.4 is 5.32 Å². The standard InChI is InChI=1S/C37H28FN3O3/c38-32-16-12-27(13-17-32)29-20-30-22-39-41(23-24-6-8-26(9-7-24)25-4-2-1-3-5-25)34(30)33(21-29)35(42)40-37(18-19-37)31-14-10-28(11-15-31)36(43)44/h1-17,20-22H,18-19,23H2,(H,40,42)(H,43,44). The van der Waals surface area contributed by atoms with E-state index in [-0.39, 0.29) is 17.3 Å². The van der Waals surface area contributed by atoms with E-state index in [1.165, 1.54) is 12.1 Å². The van der Waals surface area contributed by atoms with Gasteiger partial charge in [-0.2, -0.15) is 5.10 Å². The first kappa shape index (κ1) is 27.3. The number of fused-ring (bicyclic) bond motifs is 1. The molecule has 44 heavy (non-hydrogen) atoms. The van der Waals surface area contributed by atoms with Crippen molar-refractivity contribution in [3.05, 3.63) is 150 Å². The summed E-state index contributed by atoms with van der Waals surface area (Å²) in [4.78, 5) is 25.5. The van der Waals surface area contributed by atoms with Crippen molar-refractivity contribution < 1.29 is 19.1 Å². The SMILES string of the molecule is O=C(O)c1ccc(C2(NC(=O)c3cc(-c4ccc(F)cc4)cc4cnn(Cc5ccc(-c6ccccc6)cc5)c34)CC2)cc1.